The fourth-order valence-corrected chi connectivity index (χ4v) is 5.41. The Kier molecular flexibility index (Phi) is 5.92. The molecule has 1 aliphatic rings. The molecule has 0 aliphatic heterocycles. The van der Waals surface area contributed by atoms with Crippen LogP contribution in [0.3, 0.4) is 0 Å². The van der Waals surface area contributed by atoms with Crippen LogP contribution >= 0.6 is 23.1 Å². The van der Waals surface area contributed by atoms with Crippen LogP contribution in [-0.2, 0) is 17.6 Å². The molecule has 1 aromatic carbocycles. The third-order valence-corrected chi connectivity index (χ3v) is 7.10. The minimum Gasteiger partial charge on any atom is -0.316 e. The van der Waals surface area contributed by atoms with Crippen molar-refractivity contribution in [2.24, 2.45) is 0 Å². The van der Waals surface area contributed by atoms with Gasteiger partial charge in [-0.1, -0.05) is 36.4 Å². The number of hydrogen-bond donors (Lipinski definition) is 1. The summed E-state index contributed by atoms with van der Waals surface area (Å²) in [7, 11) is 0. The number of thioether (sulfide) groups is 1. The Balaban J connectivity index is 1.49. The molecule has 29 heavy (non-hydrogen) atoms. The summed E-state index contributed by atoms with van der Waals surface area (Å²) >= 11 is 2.83. The second kappa shape index (κ2) is 8.76. The molecular formula is C20H20N6OS2. The van der Waals surface area contributed by atoms with Crippen LogP contribution in [0.25, 0.3) is 5.69 Å². The predicted octanol–water partition coefficient (Wildman–Crippen LogP) is 3.98. The molecule has 1 aliphatic carbocycles. The summed E-state index contributed by atoms with van der Waals surface area (Å²) in [5, 5.41) is 25.2. The first-order valence-corrected chi connectivity index (χ1v) is 11.2. The smallest absolute Gasteiger partial charge is 0.238 e. The number of carbonyl (C=O) groups is 1. The molecule has 148 valence electrons. The number of amides is 1. The van der Waals surface area contributed by atoms with Gasteiger partial charge in [0.05, 0.1) is 16.5 Å². The van der Waals surface area contributed by atoms with Crippen molar-refractivity contribution in [3.8, 4) is 11.8 Å². The molecule has 2 heterocycles. The summed E-state index contributed by atoms with van der Waals surface area (Å²) < 4.78 is 1.61. The van der Waals surface area contributed by atoms with Gasteiger partial charge in [-0.15, -0.1) is 16.4 Å². The van der Waals surface area contributed by atoms with Gasteiger partial charge in [-0.25, -0.2) is 0 Å². The van der Waals surface area contributed by atoms with Crippen LogP contribution in [0.2, 0.25) is 0 Å². The van der Waals surface area contributed by atoms with Crippen molar-refractivity contribution < 1.29 is 4.79 Å². The molecule has 0 saturated heterocycles. The molecule has 7 nitrogen and oxygen atoms in total. The monoisotopic (exact) mass is 424 g/mol. The van der Waals surface area contributed by atoms with Crippen LogP contribution in [0, 0.1) is 11.3 Å². The Hall–Kier alpha value is -2.70. The topological polar surface area (TPSA) is 96.5 Å². The maximum absolute atomic E-state index is 12.8. The van der Waals surface area contributed by atoms with Gasteiger partial charge < -0.3 is 5.32 Å². The molecule has 0 fully saturated rings. The number of carbonyl (C=O) groups excluding carboxylic acids is 1. The number of nitrogens with zero attached hydrogens (tertiary/aromatic N) is 5. The van der Waals surface area contributed by atoms with Gasteiger partial charge in [-0.05, 0) is 60.7 Å². The second-order valence-electron chi connectivity index (χ2n) is 6.84. The lowest BCUT2D eigenvalue weighted by atomic mass is 10.1. The molecule has 0 radical (unpaired) electrons. The predicted molar refractivity (Wildman–Crippen MR) is 113 cm³/mol. The Morgan fingerprint density at radius 3 is 2.86 bits per heavy atom. The number of fused-ring (bicyclic) bond motifs is 1. The highest BCUT2D eigenvalue weighted by atomic mass is 32.2. The lowest BCUT2D eigenvalue weighted by Crippen LogP contribution is -2.23. The van der Waals surface area contributed by atoms with E-state index in [0.29, 0.717) is 15.7 Å². The van der Waals surface area contributed by atoms with Crippen LogP contribution in [0.15, 0.2) is 35.5 Å². The molecular weight excluding hydrogens is 404 g/mol. The maximum atomic E-state index is 12.8. The van der Waals surface area contributed by atoms with Crippen molar-refractivity contribution in [1.82, 2.24) is 20.2 Å². The van der Waals surface area contributed by atoms with E-state index in [-0.39, 0.29) is 5.91 Å². The van der Waals surface area contributed by atoms with E-state index in [4.69, 9.17) is 0 Å². The minimum absolute atomic E-state index is 0.162. The Bertz CT molecular complexity index is 1050. The normalized spacial score (nSPS) is 14.5. The molecule has 0 bridgehead atoms. The molecule has 3 aromatic rings. The van der Waals surface area contributed by atoms with Gasteiger partial charge in [0.2, 0.25) is 11.1 Å². The van der Waals surface area contributed by atoms with Gasteiger partial charge in [-0.3, -0.25) is 4.79 Å². The van der Waals surface area contributed by atoms with Crippen LogP contribution in [0.1, 0.15) is 42.2 Å². The summed E-state index contributed by atoms with van der Waals surface area (Å²) in [6.07, 6.45) is 5.33. The van der Waals surface area contributed by atoms with Gasteiger partial charge in [0.1, 0.15) is 11.1 Å². The van der Waals surface area contributed by atoms with Gasteiger partial charge in [-0.2, -0.15) is 9.94 Å². The number of nitriles is 1. The molecule has 9 heteroatoms. The Morgan fingerprint density at radius 2 is 2.07 bits per heavy atom. The average molecular weight is 425 g/mol. The van der Waals surface area contributed by atoms with E-state index in [0.717, 1.165) is 36.9 Å². The number of nitrogens with one attached hydrogen (secondary N) is 1. The second-order valence-corrected chi connectivity index (χ2v) is 9.25. The molecule has 1 amide bonds. The maximum Gasteiger partial charge on any atom is 0.238 e. The van der Waals surface area contributed by atoms with Crippen molar-refractivity contribution in [2.75, 3.05) is 5.32 Å². The number of aromatic nitrogens is 4. The fourth-order valence-electron chi connectivity index (χ4n) is 3.36. The molecule has 0 saturated carbocycles. The lowest BCUT2D eigenvalue weighted by Gasteiger charge is -2.11. The highest BCUT2D eigenvalue weighted by Gasteiger charge is 2.24. The number of para-hydroxylation sites is 1. The van der Waals surface area contributed by atoms with Crippen LogP contribution in [0.4, 0.5) is 5.00 Å². The molecule has 1 atom stereocenters. The van der Waals surface area contributed by atoms with Gasteiger partial charge in [0, 0.05) is 4.88 Å². The van der Waals surface area contributed by atoms with E-state index < -0.39 is 5.25 Å². The first-order chi connectivity index (χ1) is 14.2. The average Bonchev–Trinajstić information content (AvgIpc) is 3.25. The lowest BCUT2D eigenvalue weighted by molar-refractivity contribution is -0.115. The number of anilines is 1. The summed E-state index contributed by atoms with van der Waals surface area (Å²) in [6, 6.07) is 11.9. The third kappa shape index (κ3) is 4.18. The van der Waals surface area contributed by atoms with Gasteiger partial charge >= 0.3 is 0 Å². The summed E-state index contributed by atoms with van der Waals surface area (Å²) in [5.41, 5.74) is 2.59. The zero-order valence-electron chi connectivity index (χ0n) is 16.0. The quantitative estimate of drug-likeness (QED) is 0.491. The van der Waals surface area contributed by atoms with E-state index in [9.17, 15) is 10.1 Å². The minimum atomic E-state index is -0.420. The number of thiophene rings is 1. The zero-order valence-corrected chi connectivity index (χ0v) is 17.6. The van der Waals surface area contributed by atoms with E-state index in [2.05, 4.69) is 26.9 Å². The third-order valence-electron chi connectivity index (χ3n) is 4.86. The van der Waals surface area contributed by atoms with E-state index in [1.807, 2.05) is 37.3 Å². The molecule has 4 rings (SSSR count). The van der Waals surface area contributed by atoms with E-state index >= 15 is 0 Å². The number of tetrazole rings is 1. The van der Waals surface area contributed by atoms with Crippen molar-refractivity contribution >= 4 is 34.0 Å². The SMILES string of the molecule is C[C@@H](Sc1nnnn1-c1ccccc1)C(=O)Nc1sc2c(c1C#N)CCCCC2. The first-order valence-electron chi connectivity index (χ1n) is 9.53. The largest absolute Gasteiger partial charge is 0.316 e. The molecule has 1 N–H and O–H groups in total. The Morgan fingerprint density at radius 1 is 1.28 bits per heavy atom. The Labute approximate surface area is 177 Å². The number of rotatable bonds is 5. The van der Waals surface area contributed by atoms with Crippen molar-refractivity contribution in [2.45, 2.75) is 49.4 Å². The van der Waals surface area contributed by atoms with Crippen LogP contribution < -0.4 is 5.32 Å². The zero-order chi connectivity index (χ0) is 20.2. The van der Waals surface area contributed by atoms with Crippen molar-refractivity contribution in [1.29, 1.82) is 5.26 Å². The summed E-state index contributed by atoms with van der Waals surface area (Å²) in [4.78, 5) is 14.1. The summed E-state index contributed by atoms with van der Waals surface area (Å²) in [6.45, 7) is 1.81. The van der Waals surface area contributed by atoms with Crippen LogP contribution in [0.5, 0.6) is 0 Å². The molecule has 0 spiro atoms. The molecule has 0 unspecified atom stereocenters. The first kappa shape index (κ1) is 19.6. The standard InChI is InChI=1S/C20H20N6OS2/c1-13(28-20-23-24-25-26(20)14-8-4-2-5-9-14)18(27)22-19-16(12-21)15-10-6-3-7-11-17(15)29-19/h2,4-5,8-9,13H,3,6-7,10-11H2,1H3,(H,22,27)/t13-/m1/s1. The number of benzene rings is 1. The van der Waals surface area contributed by atoms with E-state index in [1.165, 1.54) is 23.1 Å². The van der Waals surface area contributed by atoms with Crippen LogP contribution in [-0.4, -0.2) is 31.4 Å². The number of aryl methyl sites for hydroxylation is 1. The fraction of sp³-hybridized carbons (Fsp3) is 0.350. The van der Waals surface area contributed by atoms with Gasteiger partial charge in [0.15, 0.2) is 0 Å². The highest BCUT2D eigenvalue weighted by molar-refractivity contribution is 8.00. The molecule has 2 aromatic heterocycles. The van der Waals surface area contributed by atoms with Crippen molar-refractivity contribution in [3.63, 3.8) is 0 Å². The number of hydrogen-bond acceptors (Lipinski definition) is 7. The van der Waals surface area contributed by atoms with E-state index in [1.54, 1.807) is 16.0 Å². The van der Waals surface area contributed by atoms with Crippen molar-refractivity contribution in [3.05, 3.63) is 46.3 Å². The van der Waals surface area contributed by atoms with Gasteiger partial charge in [0.25, 0.3) is 0 Å². The highest BCUT2D eigenvalue weighted by Crippen LogP contribution is 2.37. The summed E-state index contributed by atoms with van der Waals surface area (Å²) in [5.74, 6) is -0.162.